The van der Waals surface area contributed by atoms with Crippen molar-refractivity contribution in [2.75, 3.05) is 32.7 Å². The summed E-state index contributed by atoms with van der Waals surface area (Å²) in [5.41, 5.74) is 0. The second-order valence-electron chi connectivity index (χ2n) is 8.41. The average Bonchev–Trinajstić information content (AvgIpc) is 3.19. The lowest BCUT2D eigenvalue weighted by atomic mass is 9.94. The molecule has 1 aromatic heterocycles. The normalized spacial score (nSPS) is 22.3. The fraction of sp³-hybridized carbons (Fsp3) is 0.762. The van der Waals surface area contributed by atoms with Crippen LogP contribution in [0.3, 0.4) is 0 Å². The van der Waals surface area contributed by atoms with Gasteiger partial charge in [-0.1, -0.05) is 24.9 Å². The van der Waals surface area contributed by atoms with Crippen molar-refractivity contribution in [1.82, 2.24) is 14.5 Å². The van der Waals surface area contributed by atoms with E-state index in [-0.39, 0.29) is 11.8 Å². The van der Waals surface area contributed by atoms with Crippen LogP contribution in [0.1, 0.15) is 58.3 Å². The summed E-state index contributed by atoms with van der Waals surface area (Å²) in [4.78, 5) is 14.9. The number of nitrogens with zero attached hydrogens (tertiary/aromatic N) is 2. The lowest BCUT2D eigenvalue weighted by molar-refractivity contribution is -0.122. The predicted molar refractivity (Wildman–Crippen MR) is 123 cm³/mol. The summed E-state index contributed by atoms with van der Waals surface area (Å²) in [6.07, 6.45) is 8.05. The Morgan fingerprint density at radius 2 is 1.97 bits per heavy atom. The summed E-state index contributed by atoms with van der Waals surface area (Å²) in [6.45, 7) is 6.15. The lowest BCUT2D eigenvalue weighted by Crippen LogP contribution is -2.41. The van der Waals surface area contributed by atoms with Gasteiger partial charge in [0, 0.05) is 38.6 Å². The van der Waals surface area contributed by atoms with E-state index in [1.54, 1.807) is 12.1 Å². The van der Waals surface area contributed by atoms with Gasteiger partial charge in [0.25, 0.3) is 10.0 Å². The SMILES string of the molecule is CC[C@H]1CCCCN1CCCNC(=O)CC1CCN(S(=O)(=O)c2ccc(Cl)s2)CC1. The second-order valence-corrected chi connectivity index (χ2v) is 12.3. The molecule has 1 aromatic rings. The Bertz CT molecular complexity index is 791. The molecule has 2 saturated heterocycles. The fourth-order valence-electron chi connectivity index (χ4n) is 4.58. The van der Waals surface area contributed by atoms with Crippen molar-refractivity contribution in [2.24, 2.45) is 5.92 Å². The number of amides is 1. The first-order valence-corrected chi connectivity index (χ1v) is 13.8. The van der Waals surface area contributed by atoms with Gasteiger partial charge in [-0.25, -0.2) is 8.42 Å². The van der Waals surface area contributed by atoms with Gasteiger partial charge in [-0.15, -0.1) is 11.3 Å². The standard InChI is InChI=1S/C21H34ClN3O3S2/c1-2-18-6-3-4-12-24(18)13-5-11-23-20(26)16-17-9-14-25(15-10-17)30(27,28)21-8-7-19(22)29-21/h7-8,17-18H,2-6,9-16H2,1H3,(H,23,26)/t18-/m0/s1. The van der Waals surface area contributed by atoms with Gasteiger partial charge in [0.1, 0.15) is 4.21 Å². The van der Waals surface area contributed by atoms with Gasteiger partial charge in [0.15, 0.2) is 0 Å². The van der Waals surface area contributed by atoms with Gasteiger partial charge in [-0.2, -0.15) is 4.31 Å². The molecule has 0 radical (unpaired) electrons. The fourth-order valence-corrected chi connectivity index (χ4v) is 7.69. The maximum absolute atomic E-state index is 12.7. The van der Waals surface area contributed by atoms with Crippen LogP contribution >= 0.6 is 22.9 Å². The molecule has 1 atom stereocenters. The van der Waals surface area contributed by atoms with Crippen LogP contribution in [-0.4, -0.2) is 62.3 Å². The molecule has 3 heterocycles. The quantitative estimate of drug-likeness (QED) is 0.549. The Balaban J connectivity index is 1.34. The summed E-state index contributed by atoms with van der Waals surface area (Å²) in [6, 6.07) is 3.89. The molecule has 0 unspecified atom stereocenters. The van der Waals surface area contributed by atoms with Gasteiger partial charge in [0.2, 0.25) is 5.91 Å². The Morgan fingerprint density at radius 3 is 2.63 bits per heavy atom. The molecule has 6 nitrogen and oxygen atoms in total. The van der Waals surface area contributed by atoms with Crippen molar-refractivity contribution >= 4 is 38.9 Å². The molecule has 0 saturated carbocycles. The Labute approximate surface area is 190 Å². The first-order valence-electron chi connectivity index (χ1n) is 11.2. The van der Waals surface area contributed by atoms with Crippen LogP contribution in [0.4, 0.5) is 0 Å². The molecule has 2 aliphatic rings. The van der Waals surface area contributed by atoms with Crippen LogP contribution in [0.25, 0.3) is 0 Å². The number of halogens is 1. The van der Waals surface area contributed by atoms with Crippen molar-refractivity contribution in [3.63, 3.8) is 0 Å². The summed E-state index contributed by atoms with van der Waals surface area (Å²) in [5.74, 6) is 0.335. The summed E-state index contributed by atoms with van der Waals surface area (Å²) in [5, 5.41) is 3.06. The van der Waals surface area contributed by atoms with Gasteiger partial charge < -0.3 is 10.2 Å². The number of likely N-dealkylation sites (tertiary alicyclic amines) is 1. The van der Waals surface area contributed by atoms with E-state index in [0.29, 0.717) is 34.1 Å². The molecule has 0 bridgehead atoms. The van der Waals surface area contributed by atoms with Gasteiger partial charge in [-0.05, 0) is 63.1 Å². The first-order chi connectivity index (χ1) is 14.4. The van der Waals surface area contributed by atoms with Gasteiger partial charge in [0.05, 0.1) is 4.34 Å². The summed E-state index contributed by atoms with van der Waals surface area (Å²) in [7, 11) is -3.47. The molecule has 0 aliphatic carbocycles. The average molecular weight is 476 g/mol. The number of sulfonamides is 1. The van der Waals surface area contributed by atoms with Crippen molar-refractivity contribution in [3.8, 4) is 0 Å². The molecule has 2 fully saturated rings. The van der Waals surface area contributed by atoms with E-state index >= 15 is 0 Å². The van der Waals surface area contributed by atoms with E-state index in [1.807, 2.05) is 0 Å². The number of piperidine rings is 2. The van der Waals surface area contributed by atoms with Crippen LogP contribution < -0.4 is 5.32 Å². The monoisotopic (exact) mass is 475 g/mol. The summed E-state index contributed by atoms with van der Waals surface area (Å²) < 4.78 is 27.6. The third-order valence-electron chi connectivity index (χ3n) is 6.35. The molecule has 2 aliphatic heterocycles. The first kappa shape index (κ1) is 24.0. The molecule has 170 valence electrons. The molecular weight excluding hydrogens is 442 g/mol. The second kappa shape index (κ2) is 11.3. The zero-order valence-corrected chi connectivity index (χ0v) is 20.2. The predicted octanol–water partition coefficient (Wildman–Crippen LogP) is 3.96. The van der Waals surface area contributed by atoms with Crippen LogP contribution in [-0.2, 0) is 14.8 Å². The molecule has 3 rings (SSSR count). The van der Waals surface area contributed by atoms with E-state index in [1.165, 1.54) is 36.5 Å². The Kier molecular flexibility index (Phi) is 9.01. The Morgan fingerprint density at radius 1 is 1.20 bits per heavy atom. The summed E-state index contributed by atoms with van der Waals surface area (Å²) >= 11 is 6.98. The number of hydrogen-bond donors (Lipinski definition) is 1. The minimum absolute atomic E-state index is 0.0898. The molecule has 0 aromatic carbocycles. The molecule has 1 amide bonds. The third-order valence-corrected chi connectivity index (χ3v) is 9.95. The number of nitrogens with one attached hydrogen (secondary N) is 1. The van der Waals surface area contributed by atoms with E-state index in [2.05, 4.69) is 17.1 Å². The Hall–Kier alpha value is -0.670. The van der Waals surface area contributed by atoms with Gasteiger partial charge in [-0.3, -0.25) is 4.79 Å². The van der Waals surface area contributed by atoms with Gasteiger partial charge >= 0.3 is 0 Å². The maximum atomic E-state index is 12.7. The van der Waals surface area contributed by atoms with Crippen molar-refractivity contribution in [1.29, 1.82) is 0 Å². The van der Waals surface area contributed by atoms with Crippen LogP contribution in [0, 0.1) is 5.92 Å². The highest BCUT2D eigenvalue weighted by atomic mass is 35.5. The van der Waals surface area contributed by atoms with Crippen molar-refractivity contribution in [3.05, 3.63) is 16.5 Å². The van der Waals surface area contributed by atoms with E-state index in [0.717, 1.165) is 43.7 Å². The van der Waals surface area contributed by atoms with Crippen molar-refractivity contribution < 1.29 is 13.2 Å². The lowest BCUT2D eigenvalue weighted by Gasteiger charge is -2.35. The smallest absolute Gasteiger partial charge is 0.252 e. The molecule has 1 N–H and O–H groups in total. The van der Waals surface area contributed by atoms with E-state index in [9.17, 15) is 13.2 Å². The molecule has 9 heteroatoms. The number of thiophene rings is 1. The van der Waals surface area contributed by atoms with Crippen LogP contribution in [0.2, 0.25) is 4.34 Å². The largest absolute Gasteiger partial charge is 0.356 e. The highest BCUT2D eigenvalue weighted by molar-refractivity contribution is 7.91. The van der Waals surface area contributed by atoms with Crippen LogP contribution in [0.15, 0.2) is 16.3 Å². The van der Waals surface area contributed by atoms with Crippen molar-refractivity contribution in [2.45, 2.75) is 68.5 Å². The number of carbonyl (C=O) groups excluding carboxylic acids is 1. The minimum atomic E-state index is -3.47. The molecule has 0 spiro atoms. The topological polar surface area (TPSA) is 69.7 Å². The highest BCUT2D eigenvalue weighted by Crippen LogP contribution is 2.31. The van der Waals surface area contributed by atoms with E-state index < -0.39 is 10.0 Å². The maximum Gasteiger partial charge on any atom is 0.252 e. The van der Waals surface area contributed by atoms with E-state index in [4.69, 9.17) is 11.6 Å². The number of rotatable bonds is 9. The number of carbonyl (C=O) groups is 1. The number of hydrogen-bond acceptors (Lipinski definition) is 5. The third kappa shape index (κ3) is 6.42. The molecular formula is C21H34ClN3O3S2. The zero-order valence-electron chi connectivity index (χ0n) is 17.8. The zero-order chi connectivity index (χ0) is 21.6. The minimum Gasteiger partial charge on any atom is -0.356 e. The highest BCUT2D eigenvalue weighted by Gasteiger charge is 2.31. The molecule has 30 heavy (non-hydrogen) atoms. The van der Waals surface area contributed by atoms with Crippen LogP contribution in [0.5, 0.6) is 0 Å².